The summed E-state index contributed by atoms with van der Waals surface area (Å²) in [6, 6.07) is 0. The standard InChI is InChI=1S/C15H31N3O2/c1-15(2,3)20-13-14(19)18-10-6-9-17(11-12-18)8-5-4-7-16/h4-13,16H2,1-3H3. The maximum absolute atomic E-state index is 12.1. The summed E-state index contributed by atoms with van der Waals surface area (Å²) >= 11 is 0. The van der Waals surface area contributed by atoms with Gasteiger partial charge in [0.1, 0.15) is 6.61 Å². The monoisotopic (exact) mass is 285 g/mol. The molecular weight excluding hydrogens is 254 g/mol. The minimum atomic E-state index is -0.254. The van der Waals surface area contributed by atoms with Crippen molar-refractivity contribution in [3.8, 4) is 0 Å². The number of carbonyl (C=O) groups is 1. The number of carbonyl (C=O) groups excluding carboxylic acids is 1. The molecule has 5 nitrogen and oxygen atoms in total. The zero-order valence-electron chi connectivity index (χ0n) is 13.4. The first-order chi connectivity index (χ1) is 9.42. The summed E-state index contributed by atoms with van der Waals surface area (Å²) in [5.74, 6) is 0.115. The third-order valence-electron chi connectivity index (χ3n) is 3.50. The average molecular weight is 285 g/mol. The van der Waals surface area contributed by atoms with E-state index in [4.69, 9.17) is 10.5 Å². The predicted octanol–water partition coefficient (Wildman–Crippen LogP) is 1.07. The van der Waals surface area contributed by atoms with Crippen molar-refractivity contribution < 1.29 is 9.53 Å². The lowest BCUT2D eigenvalue weighted by Crippen LogP contribution is -2.39. The summed E-state index contributed by atoms with van der Waals surface area (Å²) in [4.78, 5) is 16.5. The van der Waals surface area contributed by atoms with Crippen LogP contribution in [0.25, 0.3) is 0 Å². The highest BCUT2D eigenvalue weighted by Gasteiger charge is 2.20. The van der Waals surface area contributed by atoms with Crippen molar-refractivity contribution in [3.05, 3.63) is 0 Å². The molecule has 1 aliphatic rings. The molecule has 0 aromatic rings. The molecule has 0 radical (unpaired) electrons. The van der Waals surface area contributed by atoms with E-state index in [0.29, 0.717) is 0 Å². The van der Waals surface area contributed by atoms with Gasteiger partial charge in [-0.1, -0.05) is 0 Å². The van der Waals surface area contributed by atoms with Crippen LogP contribution in [0, 0.1) is 0 Å². The van der Waals surface area contributed by atoms with Crippen molar-refractivity contribution in [2.45, 2.75) is 45.6 Å². The smallest absolute Gasteiger partial charge is 0.248 e. The topological polar surface area (TPSA) is 58.8 Å². The van der Waals surface area contributed by atoms with Crippen LogP contribution in [-0.4, -0.2) is 67.2 Å². The Morgan fingerprint density at radius 3 is 2.55 bits per heavy atom. The second kappa shape index (κ2) is 8.60. The zero-order valence-corrected chi connectivity index (χ0v) is 13.4. The Kier molecular flexibility index (Phi) is 7.48. The van der Waals surface area contributed by atoms with Crippen molar-refractivity contribution in [3.63, 3.8) is 0 Å². The Balaban J connectivity index is 2.30. The third-order valence-corrected chi connectivity index (χ3v) is 3.50. The molecule has 0 atom stereocenters. The second-order valence-electron chi connectivity index (χ2n) is 6.47. The van der Waals surface area contributed by atoms with E-state index in [9.17, 15) is 4.79 Å². The van der Waals surface area contributed by atoms with Gasteiger partial charge in [0.2, 0.25) is 5.91 Å². The first-order valence-electron chi connectivity index (χ1n) is 7.76. The number of hydrogen-bond donors (Lipinski definition) is 1. The molecule has 1 aliphatic heterocycles. The van der Waals surface area contributed by atoms with Crippen LogP contribution in [0.1, 0.15) is 40.0 Å². The summed E-state index contributed by atoms with van der Waals surface area (Å²) in [7, 11) is 0. The van der Waals surface area contributed by atoms with Crippen LogP contribution in [-0.2, 0) is 9.53 Å². The summed E-state index contributed by atoms with van der Waals surface area (Å²) in [6.07, 6.45) is 3.28. The Morgan fingerprint density at radius 1 is 1.15 bits per heavy atom. The molecule has 0 bridgehead atoms. The van der Waals surface area contributed by atoms with E-state index >= 15 is 0 Å². The van der Waals surface area contributed by atoms with Crippen molar-refractivity contribution >= 4 is 5.91 Å². The molecule has 118 valence electrons. The highest BCUT2D eigenvalue weighted by Crippen LogP contribution is 2.09. The van der Waals surface area contributed by atoms with Gasteiger partial charge in [0, 0.05) is 19.6 Å². The zero-order chi connectivity index (χ0) is 15.0. The normalized spacial score (nSPS) is 18.1. The largest absolute Gasteiger partial charge is 0.366 e. The molecule has 1 heterocycles. The average Bonchev–Trinajstić information content (AvgIpc) is 2.61. The van der Waals surface area contributed by atoms with Gasteiger partial charge in [-0.25, -0.2) is 0 Å². The number of nitrogens with zero attached hydrogens (tertiary/aromatic N) is 2. The van der Waals surface area contributed by atoms with Crippen LogP contribution in [0.4, 0.5) is 0 Å². The number of hydrogen-bond acceptors (Lipinski definition) is 4. The van der Waals surface area contributed by atoms with Gasteiger partial charge in [0.25, 0.3) is 0 Å². The molecule has 0 aliphatic carbocycles. The molecule has 0 aromatic carbocycles. The summed E-state index contributed by atoms with van der Waals surface area (Å²) in [5.41, 5.74) is 5.27. The number of rotatable bonds is 6. The maximum atomic E-state index is 12.1. The van der Waals surface area contributed by atoms with Crippen LogP contribution in [0.3, 0.4) is 0 Å². The Bertz CT molecular complexity index is 289. The van der Waals surface area contributed by atoms with Crippen molar-refractivity contribution in [1.29, 1.82) is 0 Å². The molecule has 0 unspecified atom stereocenters. The van der Waals surface area contributed by atoms with Gasteiger partial charge in [0.05, 0.1) is 5.60 Å². The van der Waals surface area contributed by atoms with Gasteiger partial charge in [-0.3, -0.25) is 4.79 Å². The first-order valence-corrected chi connectivity index (χ1v) is 7.76. The Labute approximate surface area is 123 Å². The Morgan fingerprint density at radius 2 is 1.90 bits per heavy atom. The maximum Gasteiger partial charge on any atom is 0.248 e. The van der Waals surface area contributed by atoms with Gasteiger partial charge in [-0.05, 0) is 59.7 Å². The van der Waals surface area contributed by atoms with E-state index in [1.165, 1.54) is 0 Å². The summed E-state index contributed by atoms with van der Waals surface area (Å²) in [6.45, 7) is 11.7. The lowest BCUT2D eigenvalue weighted by molar-refractivity contribution is -0.140. The minimum Gasteiger partial charge on any atom is -0.366 e. The van der Waals surface area contributed by atoms with Crippen LogP contribution < -0.4 is 5.73 Å². The van der Waals surface area contributed by atoms with Gasteiger partial charge in [-0.15, -0.1) is 0 Å². The van der Waals surface area contributed by atoms with E-state index in [1.54, 1.807) is 0 Å². The van der Waals surface area contributed by atoms with E-state index in [2.05, 4.69) is 4.90 Å². The molecular formula is C15H31N3O2. The van der Waals surface area contributed by atoms with Crippen LogP contribution in [0.5, 0.6) is 0 Å². The minimum absolute atomic E-state index is 0.115. The third kappa shape index (κ3) is 7.22. The first kappa shape index (κ1) is 17.4. The van der Waals surface area contributed by atoms with Gasteiger partial charge in [0.15, 0.2) is 0 Å². The SMILES string of the molecule is CC(C)(C)OCC(=O)N1CCCN(CCCCN)CC1. The highest BCUT2D eigenvalue weighted by atomic mass is 16.5. The molecule has 20 heavy (non-hydrogen) atoms. The highest BCUT2D eigenvalue weighted by molar-refractivity contribution is 5.77. The number of nitrogens with two attached hydrogens (primary N) is 1. The van der Waals surface area contributed by atoms with Crippen molar-refractivity contribution in [2.24, 2.45) is 5.73 Å². The van der Waals surface area contributed by atoms with Gasteiger partial charge < -0.3 is 20.3 Å². The lowest BCUT2D eigenvalue weighted by atomic mass is 10.2. The Hall–Kier alpha value is -0.650. The quantitative estimate of drug-likeness (QED) is 0.742. The van der Waals surface area contributed by atoms with Gasteiger partial charge >= 0.3 is 0 Å². The fourth-order valence-corrected chi connectivity index (χ4v) is 2.29. The van der Waals surface area contributed by atoms with Crippen LogP contribution in [0.15, 0.2) is 0 Å². The number of ether oxygens (including phenoxy) is 1. The molecule has 1 amide bonds. The van der Waals surface area contributed by atoms with E-state index in [1.807, 2.05) is 25.7 Å². The predicted molar refractivity (Wildman–Crippen MR) is 81.6 cm³/mol. The van der Waals surface area contributed by atoms with E-state index < -0.39 is 0 Å². The summed E-state index contributed by atoms with van der Waals surface area (Å²) in [5, 5.41) is 0. The second-order valence-corrected chi connectivity index (χ2v) is 6.47. The summed E-state index contributed by atoms with van der Waals surface area (Å²) < 4.78 is 5.57. The molecule has 0 spiro atoms. The van der Waals surface area contributed by atoms with Crippen molar-refractivity contribution in [2.75, 3.05) is 45.9 Å². The molecule has 1 fully saturated rings. The van der Waals surface area contributed by atoms with Crippen LogP contribution >= 0.6 is 0 Å². The molecule has 1 rings (SSSR count). The van der Waals surface area contributed by atoms with Crippen molar-refractivity contribution in [1.82, 2.24) is 9.80 Å². The fourth-order valence-electron chi connectivity index (χ4n) is 2.29. The van der Waals surface area contributed by atoms with E-state index in [0.717, 1.165) is 58.5 Å². The van der Waals surface area contributed by atoms with Crippen LogP contribution in [0.2, 0.25) is 0 Å². The number of unbranched alkanes of at least 4 members (excludes halogenated alkanes) is 1. The molecule has 2 N–H and O–H groups in total. The molecule has 0 saturated carbocycles. The molecule has 0 aromatic heterocycles. The van der Waals surface area contributed by atoms with E-state index in [-0.39, 0.29) is 18.1 Å². The fraction of sp³-hybridized carbons (Fsp3) is 0.933. The lowest BCUT2D eigenvalue weighted by Gasteiger charge is -2.24. The molecule has 1 saturated heterocycles. The molecule has 5 heteroatoms. The number of amides is 1. The van der Waals surface area contributed by atoms with Gasteiger partial charge in [-0.2, -0.15) is 0 Å².